The number of nitrogens with two attached hydrogens (primary N) is 1. The Morgan fingerprint density at radius 2 is 2.19 bits per heavy atom. The molecule has 1 aromatic heterocycles. The maximum absolute atomic E-state index is 11.8. The first-order chi connectivity index (χ1) is 10.2. The van der Waals surface area contributed by atoms with Gasteiger partial charge in [0.05, 0.1) is 17.9 Å². The molecule has 112 valence electrons. The van der Waals surface area contributed by atoms with Crippen LogP contribution in [0.2, 0.25) is 0 Å². The highest BCUT2D eigenvalue weighted by atomic mass is 32.2. The molecule has 0 aliphatic rings. The third-order valence-corrected chi connectivity index (χ3v) is 3.74. The molecule has 1 heterocycles. The topological polar surface area (TPSA) is 72.9 Å². The maximum atomic E-state index is 11.8. The van der Waals surface area contributed by atoms with Crippen LogP contribution in [0.25, 0.3) is 5.69 Å². The van der Waals surface area contributed by atoms with E-state index < -0.39 is 6.04 Å². The smallest absolute Gasteiger partial charge is 0.237 e. The molecule has 0 aliphatic heterocycles. The van der Waals surface area contributed by atoms with E-state index in [1.165, 1.54) is 0 Å². The molecule has 0 aliphatic carbocycles. The number of amides is 1. The number of aromatic nitrogens is 2. The van der Waals surface area contributed by atoms with Gasteiger partial charge >= 0.3 is 0 Å². The van der Waals surface area contributed by atoms with E-state index in [1.807, 2.05) is 42.8 Å². The minimum Gasteiger partial charge on any atom is -0.351 e. The number of rotatable bonds is 7. The summed E-state index contributed by atoms with van der Waals surface area (Å²) < 4.78 is 1.79. The van der Waals surface area contributed by atoms with Gasteiger partial charge in [-0.2, -0.15) is 16.9 Å². The molecule has 0 fully saturated rings. The second-order valence-corrected chi connectivity index (χ2v) is 5.72. The van der Waals surface area contributed by atoms with Crippen molar-refractivity contribution in [2.24, 2.45) is 5.73 Å². The van der Waals surface area contributed by atoms with Crippen molar-refractivity contribution < 1.29 is 4.79 Å². The molecule has 2 rings (SSSR count). The molecule has 0 saturated carbocycles. The number of nitrogens with one attached hydrogen (secondary N) is 1. The monoisotopic (exact) mass is 304 g/mol. The van der Waals surface area contributed by atoms with E-state index >= 15 is 0 Å². The Kier molecular flexibility index (Phi) is 5.83. The van der Waals surface area contributed by atoms with Crippen molar-refractivity contribution >= 4 is 17.7 Å². The van der Waals surface area contributed by atoms with Crippen molar-refractivity contribution in [1.29, 1.82) is 0 Å². The summed E-state index contributed by atoms with van der Waals surface area (Å²) >= 11 is 1.69. The van der Waals surface area contributed by atoms with Crippen molar-refractivity contribution in [3.05, 3.63) is 48.3 Å². The lowest BCUT2D eigenvalue weighted by Gasteiger charge is -2.10. The minimum absolute atomic E-state index is 0.114. The molecule has 0 radical (unpaired) electrons. The molecule has 5 nitrogen and oxygen atoms in total. The fraction of sp³-hybridized carbons (Fsp3) is 0.333. The second-order valence-electron chi connectivity index (χ2n) is 4.73. The van der Waals surface area contributed by atoms with Crippen LogP contribution in [0.3, 0.4) is 0 Å². The quantitative estimate of drug-likeness (QED) is 0.814. The maximum Gasteiger partial charge on any atom is 0.237 e. The van der Waals surface area contributed by atoms with Crippen LogP contribution in [0, 0.1) is 0 Å². The first-order valence-electron chi connectivity index (χ1n) is 6.82. The average molecular weight is 304 g/mol. The summed E-state index contributed by atoms with van der Waals surface area (Å²) in [4.78, 5) is 11.8. The number of carbonyl (C=O) groups is 1. The van der Waals surface area contributed by atoms with Crippen LogP contribution in [0.4, 0.5) is 0 Å². The van der Waals surface area contributed by atoms with Gasteiger partial charge in [0, 0.05) is 18.3 Å². The van der Waals surface area contributed by atoms with Gasteiger partial charge in [-0.05, 0) is 30.6 Å². The van der Waals surface area contributed by atoms with Gasteiger partial charge in [-0.25, -0.2) is 4.68 Å². The average Bonchev–Trinajstić information content (AvgIpc) is 3.00. The summed E-state index contributed by atoms with van der Waals surface area (Å²) in [6.07, 6.45) is 6.35. The summed E-state index contributed by atoms with van der Waals surface area (Å²) in [6.45, 7) is 0.443. The van der Waals surface area contributed by atoms with E-state index in [0.717, 1.165) is 17.0 Å². The number of para-hydroxylation sites is 1. The van der Waals surface area contributed by atoms with Gasteiger partial charge in [0.1, 0.15) is 0 Å². The first-order valence-corrected chi connectivity index (χ1v) is 8.21. The van der Waals surface area contributed by atoms with Gasteiger partial charge in [0.25, 0.3) is 0 Å². The van der Waals surface area contributed by atoms with Gasteiger partial charge < -0.3 is 11.1 Å². The number of carbonyl (C=O) groups excluding carboxylic acids is 1. The standard InChI is InChI=1S/C15H20N4OS/c1-21-8-7-14(16)15(20)17-9-12-10-18-19(11-12)13-5-3-2-4-6-13/h2-6,10-11,14H,7-9,16H2,1H3,(H,17,20)/t14-/m1/s1. The summed E-state index contributed by atoms with van der Waals surface area (Å²) in [5.41, 5.74) is 7.76. The number of thioether (sulfide) groups is 1. The minimum atomic E-state index is -0.443. The Morgan fingerprint density at radius 1 is 1.43 bits per heavy atom. The number of benzene rings is 1. The van der Waals surface area contributed by atoms with E-state index in [0.29, 0.717) is 13.0 Å². The summed E-state index contributed by atoms with van der Waals surface area (Å²) in [6, 6.07) is 9.40. The Labute approximate surface area is 128 Å². The highest BCUT2D eigenvalue weighted by molar-refractivity contribution is 7.98. The highest BCUT2D eigenvalue weighted by Crippen LogP contribution is 2.07. The molecule has 0 unspecified atom stereocenters. The zero-order valence-corrected chi connectivity index (χ0v) is 12.8. The highest BCUT2D eigenvalue weighted by Gasteiger charge is 2.12. The number of nitrogens with zero attached hydrogens (tertiary/aromatic N) is 2. The largest absolute Gasteiger partial charge is 0.351 e. The molecule has 3 N–H and O–H groups in total. The van der Waals surface area contributed by atoms with Crippen LogP contribution in [-0.2, 0) is 11.3 Å². The van der Waals surface area contributed by atoms with Crippen molar-refractivity contribution in [3.8, 4) is 5.69 Å². The third kappa shape index (κ3) is 4.61. The Morgan fingerprint density at radius 3 is 2.90 bits per heavy atom. The fourth-order valence-electron chi connectivity index (χ4n) is 1.87. The molecular formula is C15H20N4OS. The Hall–Kier alpha value is -1.79. The predicted molar refractivity (Wildman–Crippen MR) is 86.4 cm³/mol. The lowest BCUT2D eigenvalue weighted by Crippen LogP contribution is -2.40. The van der Waals surface area contributed by atoms with Crippen molar-refractivity contribution in [1.82, 2.24) is 15.1 Å². The van der Waals surface area contributed by atoms with E-state index in [2.05, 4.69) is 10.4 Å². The molecule has 1 amide bonds. The summed E-state index contributed by atoms with van der Waals surface area (Å²) in [5, 5.41) is 7.14. The number of hydrogen-bond donors (Lipinski definition) is 2. The zero-order chi connectivity index (χ0) is 15.1. The molecule has 1 atom stereocenters. The predicted octanol–water partition coefficient (Wildman–Crippen LogP) is 1.57. The normalized spacial score (nSPS) is 12.1. The van der Waals surface area contributed by atoms with Gasteiger partial charge in [0.2, 0.25) is 5.91 Å². The molecule has 0 spiro atoms. The third-order valence-electron chi connectivity index (χ3n) is 3.09. The molecule has 2 aromatic rings. The van der Waals surface area contributed by atoms with E-state index in [-0.39, 0.29) is 5.91 Å². The Bertz CT molecular complexity index is 570. The zero-order valence-electron chi connectivity index (χ0n) is 12.0. The summed E-state index contributed by atoms with van der Waals surface area (Å²) in [7, 11) is 0. The van der Waals surface area contributed by atoms with Crippen molar-refractivity contribution in [3.63, 3.8) is 0 Å². The molecular weight excluding hydrogens is 284 g/mol. The van der Waals surface area contributed by atoms with Crippen LogP contribution < -0.4 is 11.1 Å². The van der Waals surface area contributed by atoms with E-state index in [4.69, 9.17) is 5.73 Å². The first kappa shape index (κ1) is 15.6. The van der Waals surface area contributed by atoms with Crippen molar-refractivity contribution in [2.45, 2.75) is 19.0 Å². The summed E-state index contributed by atoms with van der Waals surface area (Å²) in [5.74, 6) is 0.775. The van der Waals surface area contributed by atoms with Crippen LogP contribution >= 0.6 is 11.8 Å². The molecule has 21 heavy (non-hydrogen) atoms. The molecule has 0 saturated heterocycles. The van der Waals surface area contributed by atoms with Crippen molar-refractivity contribution in [2.75, 3.05) is 12.0 Å². The van der Waals surface area contributed by atoms with E-state index in [9.17, 15) is 4.79 Å². The lowest BCUT2D eigenvalue weighted by atomic mass is 10.2. The molecule has 6 heteroatoms. The van der Waals surface area contributed by atoms with Crippen LogP contribution in [0.15, 0.2) is 42.7 Å². The second kappa shape index (κ2) is 7.85. The Balaban J connectivity index is 1.87. The fourth-order valence-corrected chi connectivity index (χ4v) is 2.36. The van der Waals surface area contributed by atoms with Crippen LogP contribution in [-0.4, -0.2) is 33.7 Å². The van der Waals surface area contributed by atoms with E-state index in [1.54, 1.807) is 22.6 Å². The van der Waals surface area contributed by atoms with Crippen LogP contribution in [0.5, 0.6) is 0 Å². The van der Waals surface area contributed by atoms with Gasteiger partial charge in [-0.1, -0.05) is 18.2 Å². The molecule has 0 bridgehead atoms. The SMILES string of the molecule is CSCC[C@@H](N)C(=O)NCc1cnn(-c2ccccc2)c1. The van der Waals surface area contributed by atoms with Gasteiger partial charge in [-0.15, -0.1) is 0 Å². The lowest BCUT2D eigenvalue weighted by molar-refractivity contribution is -0.122. The number of hydrogen-bond acceptors (Lipinski definition) is 4. The van der Waals surface area contributed by atoms with Gasteiger partial charge in [-0.3, -0.25) is 4.79 Å². The molecule has 1 aromatic carbocycles. The van der Waals surface area contributed by atoms with Gasteiger partial charge in [0.15, 0.2) is 0 Å². The van der Waals surface area contributed by atoms with Crippen LogP contribution in [0.1, 0.15) is 12.0 Å².